The second-order valence-electron chi connectivity index (χ2n) is 4.98. The van der Waals surface area contributed by atoms with Gasteiger partial charge in [-0.2, -0.15) is 0 Å². The number of aliphatic hydroxyl groups excluding tert-OH is 1. The molecular weight excluding hydrogens is 262 g/mol. The molecule has 3 heterocycles. The van der Waals surface area contributed by atoms with Crippen molar-refractivity contribution in [1.29, 1.82) is 5.41 Å². The number of aryl methyl sites for hydroxylation is 1. The predicted octanol–water partition coefficient (Wildman–Crippen LogP) is 2.19. The van der Waals surface area contributed by atoms with E-state index in [1.54, 1.807) is 0 Å². The number of hydrogen-bond donors (Lipinski definition) is 2. The highest BCUT2D eigenvalue weighted by atomic mass is 32.1. The quantitative estimate of drug-likeness (QED) is 0.890. The van der Waals surface area contributed by atoms with Crippen molar-refractivity contribution in [2.24, 2.45) is 0 Å². The molecule has 1 atom stereocenters. The average Bonchev–Trinajstić information content (AvgIpc) is 3.05. The van der Waals surface area contributed by atoms with E-state index in [1.165, 1.54) is 11.3 Å². The largest absolute Gasteiger partial charge is 0.510 e. The van der Waals surface area contributed by atoms with Crippen LogP contribution in [0.3, 0.4) is 0 Å². The van der Waals surface area contributed by atoms with Gasteiger partial charge in [-0.1, -0.05) is 0 Å². The Bertz CT molecular complexity index is 532. The van der Waals surface area contributed by atoms with Gasteiger partial charge in [0.2, 0.25) is 0 Å². The van der Waals surface area contributed by atoms with Gasteiger partial charge in [-0.25, -0.2) is 4.98 Å². The van der Waals surface area contributed by atoms with Gasteiger partial charge in [0.15, 0.2) is 0 Å². The van der Waals surface area contributed by atoms with E-state index in [0.717, 1.165) is 30.2 Å². The Hall–Kier alpha value is -1.40. The van der Waals surface area contributed by atoms with Crippen molar-refractivity contribution in [3.63, 3.8) is 0 Å². The second-order valence-corrected chi connectivity index (χ2v) is 5.84. The number of nitrogens with zero attached hydrogens (tertiary/aromatic N) is 2. The van der Waals surface area contributed by atoms with Crippen LogP contribution in [0.4, 0.5) is 0 Å². The maximum absolute atomic E-state index is 10.1. The molecule has 0 unspecified atom stereocenters. The minimum Gasteiger partial charge on any atom is -0.510 e. The number of aromatic nitrogens is 1. The monoisotopic (exact) mass is 279 g/mol. The summed E-state index contributed by atoms with van der Waals surface area (Å²) in [6.07, 6.45) is 2.31. The van der Waals surface area contributed by atoms with Gasteiger partial charge < -0.3 is 14.7 Å². The number of rotatable bonds is 3. The normalized spacial score (nSPS) is 23.7. The molecule has 0 aliphatic carbocycles. The summed E-state index contributed by atoms with van der Waals surface area (Å²) in [7, 11) is 0. The Kier molecular flexibility index (Phi) is 3.28. The molecule has 6 heteroatoms. The highest BCUT2D eigenvalue weighted by Crippen LogP contribution is 2.30. The highest BCUT2D eigenvalue weighted by molar-refractivity contribution is 7.11. The minimum absolute atomic E-state index is 0.186. The molecule has 0 spiro atoms. The van der Waals surface area contributed by atoms with Crippen LogP contribution in [-0.4, -0.2) is 46.6 Å². The lowest BCUT2D eigenvalue weighted by atomic mass is 10.2. The first-order chi connectivity index (χ1) is 9.15. The molecule has 1 fully saturated rings. The predicted molar refractivity (Wildman–Crippen MR) is 74.7 cm³/mol. The lowest BCUT2D eigenvalue weighted by Gasteiger charge is -2.21. The first-order valence-electron chi connectivity index (χ1n) is 6.45. The fourth-order valence-corrected chi connectivity index (χ4v) is 3.38. The minimum atomic E-state index is 0.186. The molecule has 19 heavy (non-hydrogen) atoms. The van der Waals surface area contributed by atoms with Gasteiger partial charge in [0.25, 0.3) is 0 Å². The van der Waals surface area contributed by atoms with Crippen LogP contribution in [0.15, 0.2) is 11.1 Å². The van der Waals surface area contributed by atoms with Crippen LogP contribution >= 0.6 is 11.3 Å². The second kappa shape index (κ2) is 4.94. The zero-order valence-corrected chi connectivity index (χ0v) is 11.7. The summed E-state index contributed by atoms with van der Waals surface area (Å²) in [5.41, 5.74) is 1.50. The van der Waals surface area contributed by atoms with E-state index >= 15 is 0 Å². The van der Waals surface area contributed by atoms with E-state index in [2.05, 4.69) is 4.98 Å². The van der Waals surface area contributed by atoms with Gasteiger partial charge in [-0.3, -0.25) is 5.41 Å². The van der Waals surface area contributed by atoms with Crippen molar-refractivity contribution in [3.05, 3.63) is 21.8 Å². The lowest BCUT2D eigenvalue weighted by molar-refractivity contribution is 0.0924. The molecule has 102 valence electrons. The summed E-state index contributed by atoms with van der Waals surface area (Å²) < 4.78 is 5.59. The first kappa shape index (κ1) is 12.6. The van der Waals surface area contributed by atoms with Crippen molar-refractivity contribution in [2.75, 3.05) is 19.7 Å². The van der Waals surface area contributed by atoms with Gasteiger partial charge in [-0.05, 0) is 19.8 Å². The van der Waals surface area contributed by atoms with Crippen LogP contribution in [0.2, 0.25) is 0 Å². The topological polar surface area (TPSA) is 69.4 Å². The molecule has 0 aromatic carbocycles. The van der Waals surface area contributed by atoms with Crippen LogP contribution in [0.1, 0.15) is 23.5 Å². The molecule has 0 amide bonds. The SMILES string of the molecule is Cc1csc(C2=C(O)CN(C[C@@H]3CCCO3)C2=N)n1. The van der Waals surface area contributed by atoms with Crippen molar-refractivity contribution in [2.45, 2.75) is 25.9 Å². The van der Waals surface area contributed by atoms with Crippen LogP contribution in [0.5, 0.6) is 0 Å². The number of hydrogen-bond acceptors (Lipinski definition) is 5. The van der Waals surface area contributed by atoms with Gasteiger partial charge in [-0.15, -0.1) is 11.3 Å². The standard InChI is InChI=1S/C13H17N3O2S/c1-8-7-19-13(15-8)11-10(17)6-16(12(11)14)5-9-3-2-4-18-9/h7,9,14,17H,2-6H2,1H3/t9-/m0/s1. The van der Waals surface area contributed by atoms with Crippen molar-refractivity contribution >= 4 is 22.7 Å². The Morgan fingerprint density at radius 3 is 3.11 bits per heavy atom. The van der Waals surface area contributed by atoms with E-state index in [4.69, 9.17) is 10.1 Å². The van der Waals surface area contributed by atoms with E-state index in [9.17, 15) is 5.11 Å². The van der Waals surface area contributed by atoms with E-state index < -0.39 is 0 Å². The van der Waals surface area contributed by atoms with Gasteiger partial charge >= 0.3 is 0 Å². The van der Waals surface area contributed by atoms with E-state index in [0.29, 0.717) is 24.5 Å². The molecule has 0 saturated carbocycles. The molecule has 1 saturated heterocycles. The zero-order valence-electron chi connectivity index (χ0n) is 10.8. The summed E-state index contributed by atoms with van der Waals surface area (Å²) in [5.74, 6) is 0.611. The van der Waals surface area contributed by atoms with Crippen LogP contribution in [-0.2, 0) is 4.74 Å². The highest BCUT2D eigenvalue weighted by Gasteiger charge is 2.32. The number of ether oxygens (including phenoxy) is 1. The fourth-order valence-electron chi connectivity index (χ4n) is 2.52. The lowest BCUT2D eigenvalue weighted by Crippen LogP contribution is -2.34. The Balaban J connectivity index is 1.75. The molecule has 2 N–H and O–H groups in total. The summed E-state index contributed by atoms with van der Waals surface area (Å²) >= 11 is 1.47. The average molecular weight is 279 g/mol. The maximum atomic E-state index is 10.1. The third-order valence-electron chi connectivity index (χ3n) is 3.46. The fraction of sp³-hybridized carbons (Fsp3) is 0.538. The first-order valence-corrected chi connectivity index (χ1v) is 7.33. The van der Waals surface area contributed by atoms with E-state index in [1.807, 2.05) is 17.2 Å². The molecule has 5 nitrogen and oxygen atoms in total. The van der Waals surface area contributed by atoms with Crippen molar-refractivity contribution < 1.29 is 9.84 Å². The molecule has 0 bridgehead atoms. The number of aliphatic hydroxyl groups is 1. The third-order valence-corrected chi connectivity index (χ3v) is 4.44. The molecule has 1 aromatic rings. The van der Waals surface area contributed by atoms with Gasteiger partial charge in [0, 0.05) is 24.2 Å². The number of amidine groups is 1. The van der Waals surface area contributed by atoms with Crippen LogP contribution in [0, 0.1) is 12.3 Å². The number of nitrogens with one attached hydrogen (secondary N) is 1. The molecule has 1 aromatic heterocycles. The number of thiazole rings is 1. The summed E-state index contributed by atoms with van der Waals surface area (Å²) in [4.78, 5) is 6.23. The van der Waals surface area contributed by atoms with Crippen molar-refractivity contribution in [3.8, 4) is 0 Å². The summed E-state index contributed by atoms with van der Waals surface area (Å²) in [6, 6.07) is 0. The molecule has 3 rings (SSSR count). The molecule has 0 radical (unpaired) electrons. The molecule has 2 aliphatic rings. The van der Waals surface area contributed by atoms with Crippen LogP contribution in [0.25, 0.3) is 5.57 Å². The summed E-state index contributed by atoms with van der Waals surface area (Å²) in [6.45, 7) is 3.80. The van der Waals surface area contributed by atoms with Gasteiger partial charge in [0.1, 0.15) is 16.6 Å². The Labute approximate surface area is 116 Å². The summed E-state index contributed by atoms with van der Waals surface area (Å²) in [5, 5.41) is 21.0. The van der Waals surface area contributed by atoms with Crippen molar-refractivity contribution in [1.82, 2.24) is 9.88 Å². The molecular formula is C13H17N3O2S. The van der Waals surface area contributed by atoms with Gasteiger partial charge in [0.05, 0.1) is 18.2 Å². The van der Waals surface area contributed by atoms with E-state index in [-0.39, 0.29) is 11.9 Å². The van der Waals surface area contributed by atoms with Crippen LogP contribution < -0.4 is 0 Å². The Morgan fingerprint density at radius 1 is 1.63 bits per heavy atom. The molecule has 2 aliphatic heterocycles. The maximum Gasteiger partial charge on any atom is 0.135 e. The Morgan fingerprint density at radius 2 is 2.47 bits per heavy atom. The third kappa shape index (κ3) is 2.37. The smallest absolute Gasteiger partial charge is 0.135 e. The zero-order chi connectivity index (χ0) is 13.4.